The molecule has 0 bridgehead atoms. The van der Waals surface area contributed by atoms with Crippen molar-refractivity contribution in [2.75, 3.05) is 11.4 Å². The molecule has 0 aliphatic carbocycles. The number of carbonyl (C=O) groups excluding carboxylic acids is 2. The Bertz CT molecular complexity index is 697. The van der Waals surface area contributed by atoms with Crippen LogP contribution >= 0.6 is 11.6 Å². The molecule has 0 fully saturated rings. The smallest absolute Gasteiger partial charge is 0.394 e. The van der Waals surface area contributed by atoms with Gasteiger partial charge < -0.3 is 9.84 Å². The summed E-state index contributed by atoms with van der Waals surface area (Å²) in [4.78, 5) is 45.5. The van der Waals surface area contributed by atoms with Gasteiger partial charge in [0.1, 0.15) is 17.8 Å². The van der Waals surface area contributed by atoms with Crippen molar-refractivity contribution in [3.8, 4) is 0 Å². The number of nitro groups is 1. The Morgan fingerprint density at radius 1 is 1.33 bits per heavy atom. The van der Waals surface area contributed by atoms with Gasteiger partial charge in [-0.2, -0.15) is 0 Å². The van der Waals surface area contributed by atoms with Crippen molar-refractivity contribution in [3.63, 3.8) is 0 Å². The number of nitro benzene ring substituents is 1. The third kappa shape index (κ3) is 5.20. The Labute approximate surface area is 141 Å². The lowest BCUT2D eigenvalue weighted by Gasteiger charge is -2.24. The van der Waals surface area contributed by atoms with E-state index in [-0.39, 0.29) is 5.02 Å². The van der Waals surface area contributed by atoms with Crippen molar-refractivity contribution in [2.24, 2.45) is 0 Å². The van der Waals surface area contributed by atoms with E-state index in [1.807, 2.05) is 0 Å². The number of esters is 1. The first-order valence-electron chi connectivity index (χ1n) is 6.63. The van der Waals surface area contributed by atoms with Crippen LogP contribution in [0.1, 0.15) is 20.8 Å². The Hall–Kier alpha value is -2.68. The van der Waals surface area contributed by atoms with Gasteiger partial charge in [-0.1, -0.05) is 11.6 Å². The van der Waals surface area contributed by atoms with Crippen molar-refractivity contribution in [1.82, 2.24) is 0 Å². The molecule has 1 N–H and O–H groups in total. The van der Waals surface area contributed by atoms with Gasteiger partial charge in [-0.05, 0) is 32.9 Å². The molecule has 9 nitrogen and oxygen atoms in total. The number of amides is 1. The van der Waals surface area contributed by atoms with Crippen LogP contribution in [0.25, 0.3) is 0 Å². The van der Waals surface area contributed by atoms with Crippen LogP contribution in [-0.2, 0) is 19.1 Å². The van der Waals surface area contributed by atoms with Gasteiger partial charge in [0.05, 0.1) is 4.92 Å². The number of hydrogen-bond acceptors (Lipinski definition) is 6. The zero-order valence-corrected chi connectivity index (χ0v) is 13.9. The largest absolute Gasteiger partial charge is 0.474 e. The maximum Gasteiger partial charge on any atom is 0.394 e. The number of carbonyl (C=O) groups is 3. The highest BCUT2D eigenvalue weighted by Crippen LogP contribution is 2.31. The molecule has 1 amide bonds. The highest BCUT2D eigenvalue weighted by molar-refractivity contribution is 6.38. The van der Waals surface area contributed by atoms with E-state index in [0.29, 0.717) is 4.90 Å². The van der Waals surface area contributed by atoms with Gasteiger partial charge in [-0.15, -0.1) is 0 Å². The molecular weight excluding hydrogens is 344 g/mol. The summed E-state index contributed by atoms with van der Waals surface area (Å²) in [6, 6.07) is 3.25. The summed E-state index contributed by atoms with van der Waals surface area (Å²) in [5.41, 5.74) is -1.86. The van der Waals surface area contributed by atoms with Crippen LogP contribution < -0.4 is 4.90 Å². The monoisotopic (exact) mass is 358 g/mol. The molecule has 0 atom stereocenters. The average Bonchev–Trinajstić information content (AvgIpc) is 2.41. The molecule has 10 heteroatoms. The molecule has 0 heterocycles. The molecule has 24 heavy (non-hydrogen) atoms. The second-order valence-electron chi connectivity index (χ2n) is 5.67. The predicted octanol–water partition coefficient (Wildman–Crippen LogP) is 2.01. The normalized spacial score (nSPS) is 10.8. The van der Waals surface area contributed by atoms with Crippen molar-refractivity contribution in [1.29, 1.82) is 0 Å². The van der Waals surface area contributed by atoms with Crippen LogP contribution in [0, 0.1) is 10.1 Å². The molecule has 0 unspecified atom stereocenters. The van der Waals surface area contributed by atoms with Gasteiger partial charge in [0, 0.05) is 11.1 Å². The molecule has 0 spiro atoms. The average molecular weight is 359 g/mol. The Balaban J connectivity index is 3.33. The summed E-state index contributed by atoms with van der Waals surface area (Å²) in [5, 5.41) is 20.0. The van der Waals surface area contributed by atoms with Crippen molar-refractivity contribution < 1.29 is 29.2 Å². The fraction of sp³-hybridized carbons (Fsp3) is 0.357. The van der Waals surface area contributed by atoms with E-state index in [9.17, 15) is 24.5 Å². The van der Waals surface area contributed by atoms with Crippen molar-refractivity contribution in [2.45, 2.75) is 26.4 Å². The lowest BCUT2D eigenvalue weighted by Crippen LogP contribution is -2.42. The number of benzene rings is 1. The van der Waals surface area contributed by atoms with Gasteiger partial charge in [-0.3, -0.25) is 24.6 Å². The first-order chi connectivity index (χ1) is 10.9. The molecule has 1 aromatic rings. The highest BCUT2D eigenvalue weighted by atomic mass is 35.5. The van der Waals surface area contributed by atoms with Crippen LogP contribution in [0.4, 0.5) is 11.4 Å². The number of carboxylic acid groups (broad SMARTS) is 1. The molecule has 0 aliphatic rings. The Kier molecular flexibility index (Phi) is 5.86. The first-order valence-corrected chi connectivity index (χ1v) is 7.00. The summed E-state index contributed by atoms with van der Waals surface area (Å²) in [6.45, 7) is 3.92. The first kappa shape index (κ1) is 19.4. The van der Waals surface area contributed by atoms with Crippen LogP contribution in [0.15, 0.2) is 18.2 Å². The zero-order chi connectivity index (χ0) is 18.7. The second kappa shape index (κ2) is 7.26. The molecule has 1 rings (SSSR count). The number of nitrogens with zero attached hydrogens (tertiary/aromatic N) is 2. The van der Waals surface area contributed by atoms with E-state index in [2.05, 4.69) is 0 Å². The summed E-state index contributed by atoms with van der Waals surface area (Å²) in [6.07, 6.45) is 0. The van der Waals surface area contributed by atoms with Gasteiger partial charge in [0.25, 0.3) is 5.69 Å². The number of anilines is 1. The molecule has 1 aromatic carbocycles. The van der Waals surface area contributed by atoms with Crippen LogP contribution in [0.3, 0.4) is 0 Å². The van der Waals surface area contributed by atoms with Gasteiger partial charge >= 0.3 is 17.8 Å². The van der Waals surface area contributed by atoms with Gasteiger partial charge in [0.15, 0.2) is 0 Å². The maximum atomic E-state index is 11.9. The van der Waals surface area contributed by atoms with E-state index in [1.165, 1.54) is 6.07 Å². The third-order valence-corrected chi connectivity index (χ3v) is 2.80. The van der Waals surface area contributed by atoms with Crippen molar-refractivity contribution in [3.05, 3.63) is 33.3 Å². The molecule has 0 radical (unpaired) electrons. The predicted molar refractivity (Wildman–Crippen MR) is 83.9 cm³/mol. The van der Waals surface area contributed by atoms with E-state index < -0.39 is 46.3 Å². The van der Waals surface area contributed by atoms with E-state index in [1.54, 1.807) is 20.8 Å². The molecular formula is C14H15ClN2O7. The fourth-order valence-electron chi connectivity index (χ4n) is 1.75. The van der Waals surface area contributed by atoms with Crippen LogP contribution in [-0.4, -0.2) is 40.0 Å². The van der Waals surface area contributed by atoms with Crippen LogP contribution in [0.5, 0.6) is 0 Å². The minimum Gasteiger partial charge on any atom is -0.474 e. The number of hydrogen-bond donors (Lipinski definition) is 1. The van der Waals surface area contributed by atoms with Crippen molar-refractivity contribution >= 4 is 40.8 Å². The SMILES string of the molecule is CC(C)(C)OC(=O)CN(C(=O)C(=O)O)c1cc(Cl)ccc1[N+](=O)[O-]. The van der Waals surface area contributed by atoms with Gasteiger partial charge in [0.2, 0.25) is 0 Å². The zero-order valence-electron chi connectivity index (χ0n) is 13.1. The summed E-state index contributed by atoms with van der Waals surface area (Å²) < 4.78 is 5.02. The third-order valence-electron chi connectivity index (χ3n) is 2.56. The fourth-order valence-corrected chi connectivity index (χ4v) is 1.92. The lowest BCUT2D eigenvalue weighted by atomic mass is 10.2. The number of aliphatic carboxylic acids is 1. The van der Waals surface area contributed by atoms with E-state index in [4.69, 9.17) is 21.4 Å². The lowest BCUT2D eigenvalue weighted by molar-refractivity contribution is -0.384. The quantitative estimate of drug-likeness (QED) is 0.377. The molecule has 0 aromatic heterocycles. The minimum absolute atomic E-state index is 0.0305. The summed E-state index contributed by atoms with van der Waals surface area (Å²) in [5.74, 6) is -4.33. The summed E-state index contributed by atoms with van der Waals surface area (Å²) >= 11 is 5.77. The van der Waals surface area contributed by atoms with Crippen LogP contribution in [0.2, 0.25) is 5.02 Å². The number of rotatable bonds is 4. The number of halogens is 1. The molecule has 0 aliphatic heterocycles. The topological polar surface area (TPSA) is 127 Å². The van der Waals surface area contributed by atoms with E-state index in [0.717, 1.165) is 12.1 Å². The molecule has 0 saturated carbocycles. The standard InChI is InChI=1S/C14H15ClN2O7/c1-14(2,3)24-11(18)7-16(12(19)13(20)21)10-6-8(15)4-5-9(10)17(22)23/h4-6H,7H2,1-3H3,(H,20,21). The van der Waals surface area contributed by atoms with Gasteiger partial charge in [-0.25, -0.2) is 4.79 Å². The molecule has 130 valence electrons. The minimum atomic E-state index is -1.88. The summed E-state index contributed by atoms with van der Waals surface area (Å²) in [7, 11) is 0. The maximum absolute atomic E-state index is 11.9. The molecule has 0 saturated heterocycles. The second-order valence-corrected chi connectivity index (χ2v) is 6.11. The highest BCUT2D eigenvalue weighted by Gasteiger charge is 2.32. The van der Waals surface area contributed by atoms with E-state index >= 15 is 0 Å². The Morgan fingerprint density at radius 2 is 1.92 bits per heavy atom. The number of ether oxygens (including phenoxy) is 1. The Morgan fingerprint density at radius 3 is 2.38 bits per heavy atom. The number of carboxylic acids is 1.